The Labute approximate surface area is 136 Å². The largest absolute Gasteiger partial charge is 0.481 e. The fourth-order valence-electron chi connectivity index (χ4n) is 1.85. The molecule has 122 valence electrons. The Morgan fingerprint density at radius 1 is 1.35 bits per heavy atom. The van der Waals surface area contributed by atoms with E-state index in [1.165, 1.54) is 18.3 Å². The van der Waals surface area contributed by atoms with Crippen LogP contribution in [0.3, 0.4) is 0 Å². The van der Waals surface area contributed by atoms with E-state index in [0.29, 0.717) is 19.4 Å². The molecule has 0 radical (unpaired) electrons. The number of hydrogen-bond acceptors (Lipinski definition) is 4. The molecule has 0 fully saturated rings. The van der Waals surface area contributed by atoms with Crippen LogP contribution in [0.1, 0.15) is 29.8 Å². The third kappa shape index (κ3) is 4.49. The molecule has 7 nitrogen and oxygen atoms in total. The van der Waals surface area contributed by atoms with Gasteiger partial charge in [0.25, 0.3) is 5.91 Å². The molecule has 2 N–H and O–H groups in total. The van der Waals surface area contributed by atoms with Gasteiger partial charge in [-0.3, -0.25) is 9.59 Å². The number of rotatable bonds is 7. The predicted octanol–water partition coefficient (Wildman–Crippen LogP) is 2.04. The molecule has 1 aromatic heterocycles. The van der Waals surface area contributed by atoms with Gasteiger partial charge in [-0.05, 0) is 25.0 Å². The van der Waals surface area contributed by atoms with Gasteiger partial charge in [0, 0.05) is 13.0 Å². The van der Waals surface area contributed by atoms with Gasteiger partial charge in [-0.1, -0.05) is 22.9 Å². The summed E-state index contributed by atoms with van der Waals surface area (Å²) >= 11 is 5.70. The van der Waals surface area contributed by atoms with Crippen molar-refractivity contribution < 1.29 is 19.1 Å². The van der Waals surface area contributed by atoms with Crippen molar-refractivity contribution in [1.29, 1.82) is 0 Å². The number of carbonyl (C=O) groups is 2. The topological polar surface area (TPSA) is 97.1 Å². The van der Waals surface area contributed by atoms with E-state index in [0.717, 1.165) is 4.68 Å². The van der Waals surface area contributed by atoms with Gasteiger partial charge in [0.15, 0.2) is 11.5 Å². The lowest BCUT2D eigenvalue weighted by Crippen LogP contribution is -2.24. The first kappa shape index (κ1) is 16.9. The molecule has 0 saturated heterocycles. The quantitative estimate of drug-likeness (QED) is 0.752. The van der Waals surface area contributed by atoms with Crippen molar-refractivity contribution in [2.45, 2.75) is 19.3 Å². The average molecular weight is 341 g/mol. The summed E-state index contributed by atoms with van der Waals surface area (Å²) < 4.78 is 15.0. The van der Waals surface area contributed by atoms with Crippen LogP contribution in [0, 0.1) is 5.82 Å². The van der Waals surface area contributed by atoms with Crippen molar-refractivity contribution >= 4 is 23.5 Å². The third-order valence-electron chi connectivity index (χ3n) is 3.01. The van der Waals surface area contributed by atoms with E-state index in [9.17, 15) is 14.0 Å². The molecule has 0 aliphatic carbocycles. The molecule has 2 aromatic rings. The molecule has 1 heterocycles. The summed E-state index contributed by atoms with van der Waals surface area (Å²) in [4.78, 5) is 22.2. The van der Waals surface area contributed by atoms with Crippen LogP contribution in [0.15, 0.2) is 24.4 Å². The first-order chi connectivity index (χ1) is 11.0. The van der Waals surface area contributed by atoms with Crippen LogP contribution >= 0.6 is 11.6 Å². The zero-order valence-electron chi connectivity index (χ0n) is 12.0. The van der Waals surface area contributed by atoms with Gasteiger partial charge in [-0.25, -0.2) is 9.07 Å². The Hall–Kier alpha value is -2.48. The normalized spacial score (nSPS) is 10.5. The molecule has 0 atom stereocenters. The highest BCUT2D eigenvalue weighted by atomic mass is 35.5. The fourth-order valence-corrected chi connectivity index (χ4v) is 2.02. The molecule has 0 unspecified atom stereocenters. The van der Waals surface area contributed by atoms with Crippen molar-refractivity contribution in [3.05, 3.63) is 40.9 Å². The van der Waals surface area contributed by atoms with E-state index in [1.54, 1.807) is 6.07 Å². The number of benzene rings is 1. The molecular weight excluding hydrogens is 327 g/mol. The SMILES string of the molecule is O=C(O)CCCCNC(=O)c1cn(-c2cccc(Cl)c2F)nn1. The average Bonchev–Trinajstić information content (AvgIpc) is 2.99. The number of aliphatic carboxylic acids is 1. The van der Waals surface area contributed by atoms with Gasteiger partial charge in [-0.15, -0.1) is 5.10 Å². The molecule has 0 saturated carbocycles. The predicted molar refractivity (Wildman–Crippen MR) is 80.1 cm³/mol. The summed E-state index contributed by atoms with van der Waals surface area (Å²) in [6.45, 7) is 0.324. The number of hydrogen-bond donors (Lipinski definition) is 2. The first-order valence-electron chi connectivity index (χ1n) is 6.86. The second-order valence-electron chi connectivity index (χ2n) is 4.73. The molecule has 0 aliphatic rings. The van der Waals surface area contributed by atoms with E-state index in [2.05, 4.69) is 15.6 Å². The third-order valence-corrected chi connectivity index (χ3v) is 3.30. The Morgan fingerprint density at radius 3 is 2.87 bits per heavy atom. The lowest BCUT2D eigenvalue weighted by molar-refractivity contribution is -0.137. The maximum atomic E-state index is 13.9. The van der Waals surface area contributed by atoms with Crippen molar-refractivity contribution in [2.24, 2.45) is 0 Å². The number of nitrogens with zero attached hydrogens (tertiary/aromatic N) is 3. The number of carbonyl (C=O) groups excluding carboxylic acids is 1. The van der Waals surface area contributed by atoms with E-state index < -0.39 is 17.7 Å². The molecule has 0 bridgehead atoms. The lowest BCUT2D eigenvalue weighted by Gasteiger charge is -2.03. The monoisotopic (exact) mass is 340 g/mol. The number of carboxylic acids is 1. The van der Waals surface area contributed by atoms with Crippen LogP contribution in [0.25, 0.3) is 5.69 Å². The Balaban J connectivity index is 1.95. The summed E-state index contributed by atoms with van der Waals surface area (Å²) in [6.07, 6.45) is 2.35. The molecule has 23 heavy (non-hydrogen) atoms. The second-order valence-corrected chi connectivity index (χ2v) is 5.14. The van der Waals surface area contributed by atoms with Crippen molar-refractivity contribution in [3.8, 4) is 5.69 Å². The Bertz CT molecular complexity index is 720. The van der Waals surface area contributed by atoms with Gasteiger partial charge in [0.05, 0.1) is 11.2 Å². The highest BCUT2D eigenvalue weighted by Crippen LogP contribution is 2.20. The maximum absolute atomic E-state index is 13.9. The number of carboxylic acid groups (broad SMARTS) is 1. The van der Waals surface area contributed by atoms with E-state index in [1.807, 2.05) is 0 Å². The van der Waals surface area contributed by atoms with Crippen LogP contribution in [0.5, 0.6) is 0 Å². The number of nitrogens with one attached hydrogen (secondary N) is 1. The number of aromatic nitrogens is 3. The summed E-state index contributed by atoms with van der Waals surface area (Å²) in [5.41, 5.74) is 0.119. The van der Waals surface area contributed by atoms with Gasteiger partial charge in [0.1, 0.15) is 5.69 Å². The van der Waals surface area contributed by atoms with Gasteiger partial charge in [-0.2, -0.15) is 0 Å². The Kier molecular flexibility index (Phi) is 5.64. The van der Waals surface area contributed by atoms with Crippen molar-refractivity contribution in [2.75, 3.05) is 6.54 Å². The number of amides is 1. The molecule has 1 aromatic carbocycles. The highest BCUT2D eigenvalue weighted by Gasteiger charge is 2.14. The van der Waals surface area contributed by atoms with Gasteiger partial charge in [0.2, 0.25) is 0 Å². The van der Waals surface area contributed by atoms with Crippen LogP contribution in [-0.4, -0.2) is 38.5 Å². The molecule has 1 amide bonds. The van der Waals surface area contributed by atoms with E-state index >= 15 is 0 Å². The molecule has 9 heteroatoms. The molecule has 2 rings (SSSR count). The first-order valence-corrected chi connectivity index (χ1v) is 7.23. The standard InChI is InChI=1S/C14H14ClFN4O3/c15-9-4-3-5-11(13(9)16)20-8-10(18-19-20)14(23)17-7-2-1-6-12(21)22/h3-5,8H,1-2,6-7H2,(H,17,23)(H,21,22). The van der Waals surface area contributed by atoms with Crippen LogP contribution < -0.4 is 5.32 Å². The van der Waals surface area contributed by atoms with Crippen molar-refractivity contribution in [3.63, 3.8) is 0 Å². The van der Waals surface area contributed by atoms with Crippen LogP contribution in [0.4, 0.5) is 4.39 Å². The minimum Gasteiger partial charge on any atom is -0.481 e. The number of unbranched alkanes of at least 4 members (excludes halogenated alkanes) is 1. The fraction of sp³-hybridized carbons (Fsp3) is 0.286. The van der Waals surface area contributed by atoms with Crippen molar-refractivity contribution in [1.82, 2.24) is 20.3 Å². The van der Waals surface area contributed by atoms with Gasteiger partial charge >= 0.3 is 5.97 Å². The number of halogens is 2. The lowest BCUT2D eigenvalue weighted by atomic mass is 10.2. The zero-order chi connectivity index (χ0) is 16.8. The van der Waals surface area contributed by atoms with E-state index in [4.69, 9.17) is 16.7 Å². The summed E-state index contributed by atoms with van der Waals surface area (Å²) in [7, 11) is 0. The van der Waals surface area contributed by atoms with Crippen LogP contribution in [0.2, 0.25) is 5.02 Å². The minimum atomic E-state index is -0.872. The van der Waals surface area contributed by atoms with Gasteiger partial charge < -0.3 is 10.4 Å². The summed E-state index contributed by atoms with van der Waals surface area (Å²) in [5.74, 6) is -1.99. The van der Waals surface area contributed by atoms with E-state index in [-0.39, 0.29) is 22.8 Å². The molecule has 0 aliphatic heterocycles. The maximum Gasteiger partial charge on any atom is 0.303 e. The highest BCUT2D eigenvalue weighted by molar-refractivity contribution is 6.30. The summed E-state index contributed by atoms with van der Waals surface area (Å²) in [6, 6.07) is 4.43. The smallest absolute Gasteiger partial charge is 0.303 e. The Morgan fingerprint density at radius 2 is 2.13 bits per heavy atom. The zero-order valence-corrected chi connectivity index (χ0v) is 12.8. The molecule has 0 spiro atoms. The second kappa shape index (κ2) is 7.68. The summed E-state index contributed by atoms with van der Waals surface area (Å²) in [5, 5.41) is 18.4. The molecular formula is C14H14ClFN4O3. The van der Waals surface area contributed by atoms with Crippen LogP contribution in [-0.2, 0) is 4.79 Å². The minimum absolute atomic E-state index is 0.0302.